The number of benzene rings is 1. The molecule has 0 atom stereocenters. The van der Waals surface area contributed by atoms with Crippen LogP contribution in [0.4, 0.5) is 0 Å². The Hall–Kier alpha value is -2.27. The minimum atomic E-state index is 0.730. The van der Waals surface area contributed by atoms with Crippen LogP contribution in [0.1, 0.15) is 18.3 Å². The summed E-state index contributed by atoms with van der Waals surface area (Å²) in [5.41, 5.74) is 3.84. The summed E-state index contributed by atoms with van der Waals surface area (Å²) in [5.74, 6) is 0. The SMILES string of the molecule is CCNCc1cn(-c2cccc3ccc(C)nc23)nn1. The van der Waals surface area contributed by atoms with Crippen LogP contribution in [0.2, 0.25) is 0 Å². The van der Waals surface area contributed by atoms with Gasteiger partial charge in [0.2, 0.25) is 0 Å². The molecule has 0 unspecified atom stereocenters. The smallest absolute Gasteiger partial charge is 0.0969 e. The highest BCUT2D eigenvalue weighted by molar-refractivity contribution is 5.86. The molecule has 0 bridgehead atoms. The average Bonchev–Trinajstić information content (AvgIpc) is 2.93. The number of fused-ring (bicyclic) bond motifs is 1. The molecule has 0 fully saturated rings. The third-order valence-electron chi connectivity index (χ3n) is 3.18. The Bertz CT molecular complexity index is 732. The molecule has 0 aliphatic rings. The van der Waals surface area contributed by atoms with Gasteiger partial charge in [0, 0.05) is 17.6 Å². The van der Waals surface area contributed by atoms with E-state index in [1.165, 1.54) is 0 Å². The Kier molecular flexibility index (Phi) is 3.43. The molecule has 0 saturated heterocycles. The maximum Gasteiger partial charge on any atom is 0.0969 e. The van der Waals surface area contributed by atoms with Gasteiger partial charge >= 0.3 is 0 Å². The van der Waals surface area contributed by atoms with Gasteiger partial charge in [0.15, 0.2) is 0 Å². The topological polar surface area (TPSA) is 55.6 Å². The Morgan fingerprint density at radius 3 is 2.95 bits per heavy atom. The van der Waals surface area contributed by atoms with Gasteiger partial charge in [0.1, 0.15) is 0 Å². The van der Waals surface area contributed by atoms with Crippen molar-refractivity contribution in [3.05, 3.63) is 47.9 Å². The van der Waals surface area contributed by atoms with Crippen molar-refractivity contribution in [2.24, 2.45) is 0 Å². The number of hydrogen-bond donors (Lipinski definition) is 1. The van der Waals surface area contributed by atoms with Crippen LogP contribution in [0.25, 0.3) is 16.6 Å². The van der Waals surface area contributed by atoms with E-state index in [4.69, 9.17) is 0 Å². The highest BCUT2D eigenvalue weighted by Gasteiger charge is 2.07. The van der Waals surface area contributed by atoms with Gasteiger partial charge in [-0.2, -0.15) is 0 Å². The third-order valence-corrected chi connectivity index (χ3v) is 3.18. The first-order valence-electron chi connectivity index (χ1n) is 6.76. The summed E-state index contributed by atoms with van der Waals surface area (Å²) in [6.45, 7) is 5.71. The second kappa shape index (κ2) is 5.38. The highest BCUT2D eigenvalue weighted by atomic mass is 15.4. The standard InChI is InChI=1S/C15H17N5/c1-3-16-9-13-10-20(19-18-13)14-6-4-5-12-8-7-11(2)17-15(12)14/h4-8,10,16H,3,9H2,1-2H3. The zero-order valence-corrected chi connectivity index (χ0v) is 11.7. The Morgan fingerprint density at radius 1 is 1.20 bits per heavy atom. The second-order valence-corrected chi connectivity index (χ2v) is 4.74. The Labute approximate surface area is 117 Å². The predicted octanol–water partition coefficient (Wildman–Crippen LogP) is 2.23. The van der Waals surface area contributed by atoms with Crippen LogP contribution in [0.5, 0.6) is 0 Å². The van der Waals surface area contributed by atoms with Crippen LogP contribution in [0, 0.1) is 6.92 Å². The van der Waals surface area contributed by atoms with E-state index in [0.29, 0.717) is 0 Å². The first kappa shape index (κ1) is 12.7. The van der Waals surface area contributed by atoms with Crippen molar-refractivity contribution in [2.45, 2.75) is 20.4 Å². The largest absolute Gasteiger partial charge is 0.311 e. The molecule has 0 saturated carbocycles. The van der Waals surface area contributed by atoms with Gasteiger partial charge in [0.25, 0.3) is 0 Å². The molecule has 3 aromatic rings. The lowest BCUT2D eigenvalue weighted by molar-refractivity contribution is 0.705. The minimum absolute atomic E-state index is 0.730. The molecule has 0 aliphatic heterocycles. The number of para-hydroxylation sites is 1. The number of pyridine rings is 1. The molecular formula is C15H17N5. The van der Waals surface area contributed by atoms with Crippen molar-refractivity contribution in [2.75, 3.05) is 6.54 Å². The summed E-state index contributed by atoms with van der Waals surface area (Å²) in [4.78, 5) is 4.62. The average molecular weight is 267 g/mol. The number of aromatic nitrogens is 4. The summed E-state index contributed by atoms with van der Waals surface area (Å²) >= 11 is 0. The maximum atomic E-state index is 4.62. The maximum absolute atomic E-state index is 4.62. The quantitative estimate of drug-likeness (QED) is 0.787. The lowest BCUT2D eigenvalue weighted by Crippen LogP contribution is -2.11. The van der Waals surface area contributed by atoms with Crippen molar-refractivity contribution in [1.29, 1.82) is 0 Å². The lowest BCUT2D eigenvalue weighted by atomic mass is 10.2. The van der Waals surface area contributed by atoms with Crippen LogP contribution in [0.15, 0.2) is 36.5 Å². The number of nitrogens with zero attached hydrogens (tertiary/aromatic N) is 4. The van der Waals surface area contributed by atoms with Gasteiger partial charge < -0.3 is 5.32 Å². The number of rotatable bonds is 4. The molecule has 3 rings (SSSR count). The first-order chi connectivity index (χ1) is 9.78. The normalized spacial score (nSPS) is 11.1. The summed E-state index contributed by atoms with van der Waals surface area (Å²) in [7, 11) is 0. The predicted molar refractivity (Wildman–Crippen MR) is 78.8 cm³/mol. The molecule has 2 aromatic heterocycles. The first-order valence-corrected chi connectivity index (χ1v) is 6.76. The summed E-state index contributed by atoms with van der Waals surface area (Å²) in [6.07, 6.45) is 1.95. The van der Waals surface area contributed by atoms with Gasteiger partial charge in [-0.05, 0) is 25.6 Å². The molecule has 2 heterocycles. The van der Waals surface area contributed by atoms with Crippen LogP contribution < -0.4 is 5.32 Å². The lowest BCUT2D eigenvalue weighted by Gasteiger charge is -2.05. The van der Waals surface area contributed by atoms with Crippen LogP contribution >= 0.6 is 0 Å². The fourth-order valence-corrected chi connectivity index (χ4v) is 2.16. The molecule has 102 valence electrons. The molecule has 1 aromatic carbocycles. The van der Waals surface area contributed by atoms with Crippen molar-refractivity contribution < 1.29 is 0 Å². The van der Waals surface area contributed by atoms with Gasteiger partial charge in [-0.1, -0.05) is 30.3 Å². The van der Waals surface area contributed by atoms with Crippen molar-refractivity contribution >= 4 is 10.9 Å². The van der Waals surface area contributed by atoms with Gasteiger partial charge in [0.05, 0.1) is 23.1 Å². The summed E-state index contributed by atoms with van der Waals surface area (Å²) in [5, 5.41) is 12.7. The van der Waals surface area contributed by atoms with E-state index < -0.39 is 0 Å². The zero-order chi connectivity index (χ0) is 13.9. The van der Waals surface area contributed by atoms with E-state index in [-0.39, 0.29) is 0 Å². The van der Waals surface area contributed by atoms with Crippen molar-refractivity contribution in [1.82, 2.24) is 25.3 Å². The summed E-state index contributed by atoms with van der Waals surface area (Å²) < 4.78 is 1.79. The Balaban J connectivity index is 2.05. The van der Waals surface area contributed by atoms with Gasteiger partial charge in [-0.15, -0.1) is 5.10 Å². The molecule has 0 aliphatic carbocycles. The van der Waals surface area contributed by atoms with E-state index in [1.807, 2.05) is 31.3 Å². The summed E-state index contributed by atoms with van der Waals surface area (Å²) in [6, 6.07) is 10.2. The third kappa shape index (κ3) is 2.40. The van der Waals surface area contributed by atoms with Gasteiger partial charge in [-0.25, -0.2) is 4.68 Å². The molecule has 5 nitrogen and oxygen atoms in total. The van der Waals surface area contributed by atoms with Crippen molar-refractivity contribution in [3.63, 3.8) is 0 Å². The zero-order valence-electron chi connectivity index (χ0n) is 11.7. The van der Waals surface area contributed by atoms with Gasteiger partial charge in [-0.3, -0.25) is 4.98 Å². The molecule has 5 heteroatoms. The molecule has 0 amide bonds. The van der Waals surface area contributed by atoms with E-state index in [2.05, 4.69) is 39.7 Å². The molecule has 20 heavy (non-hydrogen) atoms. The minimum Gasteiger partial charge on any atom is -0.311 e. The van der Waals surface area contributed by atoms with E-state index in [1.54, 1.807) is 4.68 Å². The van der Waals surface area contributed by atoms with Crippen molar-refractivity contribution in [3.8, 4) is 5.69 Å². The molecule has 0 spiro atoms. The number of hydrogen-bond acceptors (Lipinski definition) is 4. The fraction of sp³-hybridized carbons (Fsp3) is 0.267. The molecule has 1 N–H and O–H groups in total. The monoisotopic (exact) mass is 267 g/mol. The van der Waals surface area contributed by atoms with E-state index in [0.717, 1.165) is 41.1 Å². The van der Waals surface area contributed by atoms with Crippen LogP contribution in [-0.4, -0.2) is 26.5 Å². The Morgan fingerprint density at radius 2 is 2.10 bits per heavy atom. The number of aryl methyl sites for hydroxylation is 1. The molecular weight excluding hydrogens is 250 g/mol. The van der Waals surface area contributed by atoms with E-state index in [9.17, 15) is 0 Å². The number of nitrogens with one attached hydrogen (secondary N) is 1. The van der Waals surface area contributed by atoms with E-state index >= 15 is 0 Å². The molecule has 0 radical (unpaired) electrons. The van der Waals surface area contributed by atoms with Crippen LogP contribution in [0.3, 0.4) is 0 Å². The highest BCUT2D eigenvalue weighted by Crippen LogP contribution is 2.20. The van der Waals surface area contributed by atoms with Crippen LogP contribution in [-0.2, 0) is 6.54 Å². The fourth-order valence-electron chi connectivity index (χ4n) is 2.16. The second-order valence-electron chi connectivity index (χ2n) is 4.74.